The highest BCUT2D eigenvalue weighted by atomic mass is 127. The maximum Gasteiger partial charge on any atom is 0.0560 e. The molecule has 1 aromatic rings. The molecule has 0 aliphatic carbocycles. The van der Waals surface area contributed by atoms with Gasteiger partial charge in [-0.3, -0.25) is 0 Å². The van der Waals surface area contributed by atoms with Crippen molar-refractivity contribution in [1.29, 1.82) is 0 Å². The van der Waals surface area contributed by atoms with E-state index in [1.54, 1.807) is 0 Å². The van der Waals surface area contributed by atoms with E-state index < -0.39 is 0 Å². The van der Waals surface area contributed by atoms with E-state index in [-0.39, 0.29) is 12.4 Å². The van der Waals surface area contributed by atoms with E-state index >= 15 is 0 Å². The van der Waals surface area contributed by atoms with Crippen molar-refractivity contribution >= 4 is 41.0 Å². The number of hydrogen-bond donors (Lipinski definition) is 1. The Hall–Kier alpha value is 0.0400. The molecular formula is C6H7ClIN. The van der Waals surface area contributed by atoms with Crippen molar-refractivity contribution in [3.05, 3.63) is 30.3 Å². The first-order valence-electron chi connectivity index (χ1n) is 2.35. The largest absolute Gasteiger partial charge is 0.328 e. The summed E-state index contributed by atoms with van der Waals surface area (Å²) < 4.78 is 3.00. The van der Waals surface area contributed by atoms with Crippen LogP contribution in [0.15, 0.2) is 30.3 Å². The van der Waals surface area contributed by atoms with Crippen LogP contribution in [-0.2, 0) is 0 Å². The van der Waals surface area contributed by atoms with Gasteiger partial charge in [0.05, 0.1) is 22.9 Å². The zero-order valence-corrected chi connectivity index (χ0v) is 7.65. The monoisotopic (exact) mass is 255 g/mol. The Morgan fingerprint density at radius 2 is 1.67 bits per heavy atom. The van der Waals surface area contributed by atoms with Gasteiger partial charge < -0.3 is 3.53 Å². The number of halogens is 2. The molecule has 0 saturated heterocycles. The molecule has 0 heterocycles. The summed E-state index contributed by atoms with van der Waals surface area (Å²) >= 11 is 2.10. The molecule has 1 nitrogen and oxygen atoms in total. The summed E-state index contributed by atoms with van der Waals surface area (Å²) in [5.41, 5.74) is 1.15. The molecule has 3 heteroatoms. The lowest BCUT2D eigenvalue weighted by Gasteiger charge is -1.91. The molecule has 0 spiro atoms. The SMILES string of the molecule is Cl.INc1ccccc1. The third-order valence-electron chi connectivity index (χ3n) is 0.883. The second kappa shape index (κ2) is 4.88. The summed E-state index contributed by atoms with van der Waals surface area (Å²) in [6, 6.07) is 10.0. The van der Waals surface area contributed by atoms with Gasteiger partial charge in [-0.2, -0.15) is 0 Å². The van der Waals surface area contributed by atoms with Gasteiger partial charge in [-0.25, -0.2) is 0 Å². The van der Waals surface area contributed by atoms with E-state index in [1.807, 2.05) is 30.3 Å². The third-order valence-corrected chi connectivity index (χ3v) is 1.51. The summed E-state index contributed by atoms with van der Waals surface area (Å²) in [6.07, 6.45) is 0. The Morgan fingerprint density at radius 1 is 1.11 bits per heavy atom. The number of para-hydroxylation sites is 1. The van der Waals surface area contributed by atoms with Crippen LogP contribution < -0.4 is 3.53 Å². The van der Waals surface area contributed by atoms with Gasteiger partial charge >= 0.3 is 0 Å². The minimum absolute atomic E-state index is 0. The molecule has 50 valence electrons. The third kappa shape index (κ3) is 2.91. The van der Waals surface area contributed by atoms with Crippen molar-refractivity contribution in [2.75, 3.05) is 3.53 Å². The minimum Gasteiger partial charge on any atom is -0.328 e. The second-order valence-electron chi connectivity index (χ2n) is 1.46. The molecule has 9 heavy (non-hydrogen) atoms. The van der Waals surface area contributed by atoms with Gasteiger partial charge in [0.1, 0.15) is 0 Å². The standard InChI is InChI=1S/C6H6IN.ClH/c7-8-6-4-2-1-3-5-6;/h1-5,8H;1H. The first-order valence-corrected chi connectivity index (χ1v) is 3.43. The van der Waals surface area contributed by atoms with Gasteiger partial charge in [0, 0.05) is 5.69 Å². The molecule has 0 atom stereocenters. The smallest absolute Gasteiger partial charge is 0.0560 e. The molecule has 1 rings (SSSR count). The number of benzene rings is 1. The predicted molar refractivity (Wildman–Crippen MR) is 51.3 cm³/mol. The molecule has 0 fully saturated rings. The Balaban J connectivity index is 0.000000640. The molecule has 0 aromatic heterocycles. The number of hydrogen-bond acceptors (Lipinski definition) is 1. The molecule has 0 aliphatic heterocycles. The van der Waals surface area contributed by atoms with Crippen molar-refractivity contribution in [2.45, 2.75) is 0 Å². The Kier molecular flexibility index (Phi) is 4.90. The first-order chi connectivity index (χ1) is 3.93. The minimum atomic E-state index is 0. The molecule has 0 saturated carbocycles. The van der Waals surface area contributed by atoms with Crippen LogP contribution in [0, 0.1) is 0 Å². The van der Waals surface area contributed by atoms with Gasteiger partial charge in [0.25, 0.3) is 0 Å². The van der Waals surface area contributed by atoms with Crippen LogP contribution in [0.5, 0.6) is 0 Å². The van der Waals surface area contributed by atoms with Crippen LogP contribution in [0.4, 0.5) is 5.69 Å². The van der Waals surface area contributed by atoms with Crippen LogP contribution in [0.1, 0.15) is 0 Å². The summed E-state index contributed by atoms with van der Waals surface area (Å²) in [4.78, 5) is 0. The maximum absolute atomic E-state index is 3.00. The topological polar surface area (TPSA) is 12.0 Å². The van der Waals surface area contributed by atoms with Gasteiger partial charge in [0.15, 0.2) is 0 Å². The molecular weight excluding hydrogens is 248 g/mol. The molecule has 0 unspecified atom stereocenters. The van der Waals surface area contributed by atoms with E-state index in [1.165, 1.54) is 0 Å². The molecule has 0 radical (unpaired) electrons. The van der Waals surface area contributed by atoms with Crippen molar-refractivity contribution in [3.63, 3.8) is 0 Å². The highest BCUT2D eigenvalue weighted by Crippen LogP contribution is 2.05. The average Bonchev–Trinajstić information content (AvgIpc) is 1.90. The number of anilines is 1. The lowest BCUT2D eigenvalue weighted by molar-refractivity contribution is 1.70. The van der Waals surface area contributed by atoms with Crippen LogP contribution >= 0.6 is 35.3 Å². The van der Waals surface area contributed by atoms with Crippen LogP contribution in [0.2, 0.25) is 0 Å². The van der Waals surface area contributed by atoms with Crippen LogP contribution in [-0.4, -0.2) is 0 Å². The molecule has 0 aliphatic rings. The first kappa shape index (κ1) is 9.04. The quantitative estimate of drug-likeness (QED) is 0.601. The van der Waals surface area contributed by atoms with Crippen molar-refractivity contribution in [3.8, 4) is 0 Å². The Labute approximate surface area is 74.8 Å². The van der Waals surface area contributed by atoms with Gasteiger partial charge in [-0.1, -0.05) is 18.2 Å². The Morgan fingerprint density at radius 3 is 2.00 bits per heavy atom. The van der Waals surface area contributed by atoms with E-state index in [0.717, 1.165) is 5.69 Å². The lowest BCUT2D eigenvalue weighted by Crippen LogP contribution is -1.73. The van der Waals surface area contributed by atoms with Crippen LogP contribution in [0.3, 0.4) is 0 Å². The molecule has 1 aromatic carbocycles. The van der Waals surface area contributed by atoms with Crippen molar-refractivity contribution < 1.29 is 0 Å². The average molecular weight is 255 g/mol. The van der Waals surface area contributed by atoms with Gasteiger partial charge in [-0.15, -0.1) is 12.4 Å². The van der Waals surface area contributed by atoms with Crippen molar-refractivity contribution in [1.82, 2.24) is 0 Å². The fourth-order valence-electron chi connectivity index (χ4n) is 0.501. The fraction of sp³-hybridized carbons (Fsp3) is 0. The van der Waals surface area contributed by atoms with Crippen LogP contribution in [0.25, 0.3) is 0 Å². The molecule has 1 N–H and O–H groups in total. The summed E-state index contributed by atoms with van der Waals surface area (Å²) in [7, 11) is 0. The predicted octanol–water partition coefficient (Wildman–Crippen LogP) is 2.87. The second-order valence-corrected chi connectivity index (χ2v) is 2.00. The molecule has 0 amide bonds. The maximum atomic E-state index is 3.00. The fourth-order valence-corrected chi connectivity index (χ4v) is 0.861. The molecule has 0 bridgehead atoms. The Bertz CT molecular complexity index is 154. The lowest BCUT2D eigenvalue weighted by atomic mass is 10.3. The normalized spacial score (nSPS) is 7.67. The van der Waals surface area contributed by atoms with Gasteiger partial charge in [0.2, 0.25) is 0 Å². The van der Waals surface area contributed by atoms with E-state index in [2.05, 4.69) is 26.4 Å². The highest BCUT2D eigenvalue weighted by molar-refractivity contribution is 14.1. The summed E-state index contributed by atoms with van der Waals surface area (Å²) in [5.74, 6) is 0. The zero-order valence-electron chi connectivity index (χ0n) is 4.67. The number of nitrogens with one attached hydrogen (secondary N) is 1. The summed E-state index contributed by atoms with van der Waals surface area (Å²) in [5, 5.41) is 0. The zero-order chi connectivity index (χ0) is 5.82. The van der Waals surface area contributed by atoms with E-state index in [9.17, 15) is 0 Å². The highest BCUT2D eigenvalue weighted by Gasteiger charge is 1.79. The number of rotatable bonds is 1. The van der Waals surface area contributed by atoms with E-state index in [0.29, 0.717) is 0 Å². The van der Waals surface area contributed by atoms with Crippen molar-refractivity contribution in [2.24, 2.45) is 0 Å². The van der Waals surface area contributed by atoms with Gasteiger partial charge in [-0.05, 0) is 12.1 Å². The summed E-state index contributed by atoms with van der Waals surface area (Å²) in [6.45, 7) is 0. The van der Waals surface area contributed by atoms with E-state index in [4.69, 9.17) is 0 Å².